The summed E-state index contributed by atoms with van der Waals surface area (Å²) in [6, 6.07) is 9.54. The lowest BCUT2D eigenvalue weighted by Gasteiger charge is -2.10. The minimum atomic E-state index is -3.88. The Kier molecular flexibility index (Phi) is 6.92. The van der Waals surface area contributed by atoms with Crippen LogP contribution in [0.25, 0.3) is 0 Å². The molecule has 2 aromatic rings. The zero-order valence-electron chi connectivity index (χ0n) is 15.1. The van der Waals surface area contributed by atoms with E-state index in [-0.39, 0.29) is 28.2 Å². The molecule has 0 bridgehead atoms. The third-order valence-corrected chi connectivity index (χ3v) is 5.42. The summed E-state index contributed by atoms with van der Waals surface area (Å²) >= 11 is 0. The Balaban J connectivity index is 2.19. The van der Waals surface area contributed by atoms with Crippen LogP contribution in [-0.4, -0.2) is 33.6 Å². The molecular formula is C19H22FNO5S. The molecular weight excluding hydrogens is 373 g/mol. The van der Waals surface area contributed by atoms with Crippen LogP contribution in [0.2, 0.25) is 0 Å². The van der Waals surface area contributed by atoms with Gasteiger partial charge < -0.3 is 15.2 Å². The van der Waals surface area contributed by atoms with Crippen LogP contribution in [0.4, 0.5) is 4.39 Å². The van der Waals surface area contributed by atoms with E-state index in [9.17, 15) is 17.6 Å². The maximum atomic E-state index is 14.2. The topological polar surface area (TPSA) is 95.7 Å². The van der Waals surface area contributed by atoms with Crippen molar-refractivity contribution in [2.75, 3.05) is 13.2 Å². The van der Waals surface area contributed by atoms with E-state index < -0.39 is 28.2 Å². The van der Waals surface area contributed by atoms with E-state index in [1.807, 2.05) is 6.92 Å². The van der Waals surface area contributed by atoms with E-state index in [2.05, 4.69) is 4.74 Å². The van der Waals surface area contributed by atoms with E-state index in [4.69, 9.17) is 10.5 Å². The lowest BCUT2D eigenvalue weighted by molar-refractivity contribution is -0.145. The van der Waals surface area contributed by atoms with Gasteiger partial charge in [0.2, 0.25) is 9.84 Å². The largest absolute Gasteiger partial charge is 0.479 e. The van der Waals surface area contributed by atoms with Crippen molar-refractivity contribution < 1.29 is 27.1 Å². The normalized spacial score (nSPS) is 12.4. The number of carbonyl (C=O) groups is 1. The van der Waals surface area contributed by atoms with Gasteiger partial charge in [-0.25, -0.2) is 17.6 Å². The number of benzene rings is 2. The van der Waals surface area contributed by atoms with Crippen LogP contribution in [0.3, 0.4) is 0 Å². The Morgan fingerprint density at radius 1 is 1.15 bits per heavy atom. The maximum absolute atomic E-state index is 14.2. The second kappa shape index (κ2) is 8.96. The molecule has 0 spiro atoms. The number of esters is 1. The fourth-order valence-electron chi connectivity index (χ4n) is 2.42. The van der Waals surface area contributed by atoms with Gasteiger partial charge in [0, 0.05) is 6.04 Å². The molecule has 8 heteroatoms. The van der Waals surface area contributed by atoms with Gasteiger partial charge >= 0.3 is 5.97 Å². The lowest BCUT2D eigenvalue weighted by Crippen LogP contribution is -2.17. The molecule has 0 unspecified atom stereocenters. The van der Waals surface area contributed by atoms with E-state index in [0.29, 0.717) is 6.42 Å². The predicted octanol–water partition coefficient (Wildman–Crippen LogP) is 2.49. The molecule has 2 aromatic carbocycles. The summed E-state index contributed by atoms with van der Waals surface area (Å²) in [6.07, 6.45) is 0.626. The van der Waals surface area contributed by atoms with E-state index in [0.717, 1.165) is 11.6 Å². The van der Waals surface area contributed by atoms with Crippen LogP contribution in [-0.2, 0) is 25.8 Å². The first-order chi connectivity index (χ1) is 12.7. The Hall–Kier alpha value is -2.45. The molecule has 0 heterocycles. The fraction of sp³-hybridized carbons (Fsp3) is 0.316. The zero-order chi connectivity index (χ0) is 20.0. The number of hydrogen-bond acceptors (Lipinski definition) is 6. The number of halogens is 1. The molecule has 0 aliphatic rings. The Morgan fingerprint density at radius 2 is 1.78 bits per heavy atom. The first-order valence-electron chi connectivity index (χ1n) is 8.41. The molecule has 2 rings (SSSR count). The summed E-state index contributed by atoms with van der Waals surface area (Å²) in [5.74, 6) is -1.75. The Labute approximate surface area is 158 Å². The zero-order valence-corrected chi connectivity index (χ0v) is 16.0. The maximum Gasteiger partial charge on any atom is 0.344 e. The van der Waals surface area contributed by atoms with Gasteiger partial charge in [-0.2, -0.15) is 0 Å². The van der Waals surface area contributed by atoms with Gasteiger partial charge in [-0.3, -0.25) is 0 Å². The van der Waals surface area contributed by atoms with Gasteiger partial charge in [-0.1, -0.05) is 12.1 Å². The molecule has 0 aromatic heterocycles. The van der Waals surface area contributed by atoms with Crippen LogP contribution in [0, 0.1) is 5.82 Å². The van der Waals surface area contributed by atoms with Crippen LogP contribution in [0.15, 0.2) is 52.3 Å². The summed E-state index contributed by atoms with van der Waals surface area (Å²) in [7, 11) is -3.88. The highest BCUT2D eigenvalue weighted by atomic mass is 32.2. The molecule has 0 aliphatic heterocycles. The summed E-state index contributed by atoms with van der Waals surface area (Å²) in [4.78, 5) is 11.1. The molecule has 0 aliphatic carbocycles. The summed E-state index contributed by atoms with van der Waals surface area (Å²) in [6.45, 7) is 3.23. The van der Waals surface area contributed by atoms with Crippen molar-refractivity contribution in [3.8, 4) is 5.75 Å². The number of sulfone groups is 1. The first-order valence-corrected chi connectivity index (χ1v) is 9.90. The summed E-state index contributed by atoms with van der Waals surface area (Å²) in [5, 5.41) is 0. The van der Waals surface area contributed by atoms with Crippen molar-refractivity contribution in [2.45, 2.75) is 36.1 Å². The fourth-order valence-corrected chi connectivity index (χ4v) is 3.69. The van der Waals surface area contributed by atoms with E-state index in [1.165, 1.54) is 24.3 Å². The van der Waals surface area contributed by atoms with Gasteiger partial charge in [0.15, 0.2) is 18.2 Å². The lowest BCUT2D eigenvalue weighted by atomic mass is 10.1. The molecule has 0 radical (unpaired) electrons. The smallest absolute Gasteiger partial charge is 0.344 e. The summed E-state index contributed by atoms with van der Waals surface area (Å²) < 4.78 is 49.2. The minimum Gasteiger partial charge on any atom is -0.479 e. The number of rotatable bonds is 8. The second-order valence-electron chi connectivity index (χ2n) is 6.01. The number of carbonyl (C=O) groups excluding carboxylic acids is 1. The van der Waals surface area contributed by atoms with Crippen LogP contribution in [0.1, 0.15) is 19.4 Å². The number of nitrogens with two attached hydrogens (primary N) is 1. The molecule has 0 amide bonds. The third-order valence-electron chi connectivity index (χ3n) is 3.66. The molecule has 0 saturated heterocycles. The van der Waals surface area contributed by atoms with Crippen molar-refractivity contribution >= 4 is 15.8 Å². The standard InChI is InChI=1S/C19H22FNO5S/c1-3-25-19(22)12-26-18-9-8-16(11-17(18)20)27(23,24)15-6-4-14(5-7-15)10-13(2)21/h4-9,11,13H,3,10,12,21H2,1-2H3/t13-/m1/s1. The molecule has 6 nitrogen and oxygen atoms in total. The molecule has 0 saturated carbocycles. The van der Waals surface area contributed by atoms with Crippen LogP contribution in [0.5, 0.6) is 5.75 Å². The SMILES string of the molecule is CCOC(=O)COc1ccc(S(=O)(=O)c2ccc(C[C@@H](C)N)cc2)cc1F. The highest BCUT2D eigenvalue weighted by Gasteiger charge is 2.20. The predicted molar refractivity (Wildman–Crippen MR) is 97.8 cm³/mol. The average Bonchev–Trinajstić information content (AvgIpc) is 2.61. The third kappa shape index (κ3) is 5.51. The summed E-state index contributed by atoms with van der Waals surface area (Å²) in [5.41, 5.74) is 6.64. The minimum absolute atomic E-state index is 0.0382. The molecule has 146 valence electrons. The number of ether oxygens (including phenoxy) is 2. The quantitative estimate of drug-likeness (QED) is 0.690. The molecule has 27 heavy (non-hydrogen) atoms. The van der Waals surface area contributed by atoms with Crippen molar-refractivity contribution in [1.29, 1.82) is 0 Å². The van der Waals surface area contributed by atoms with Crippen LogP contribution >= 0.6 is 0 Å². The monoisotopic (exact) mass is 395 g/mol. The Morgan fingerprint density at radius 3 is 2.33 bits per heavy atom. The van der Waals surface area contributed by atoms with Gasteiger partial charge in [0.1, 0.15) is 0 Å². The number of hydrogen-bond donors (Lipinski definition) is 1. The highest BCUT2D eigenvalue weighted by Crippen LogP contribution is 2.26. The molecule has 0 fully saturated rings. The second-order valence-corrected chi connectivity index (χ2v) is 7.96. The van der Waals surface area contributed by atoms with Gasteiger partial charge in [-0.05, 0) is 56.2 Å². The van der Waals surface area contributed by atoms with Gasteiger partial charge in [0.25, 0.3) is 0 Å². The Bertz CT molecular complexity index is 895. The van der Waals surface area contributed by atoms with Crippen molar-refractivity contribution in [2.24, 2.45) is 5.73 Å². The molecule has 1 atom stereocenters. The van der Waals surface area contributed by atoms with Crippen LogP contribution < -0.4 is 10.5 Å². The van der Waals surface area contributed by atoms with Crippen molar-refractivity contribution in [1.82, 2.24) is 0 Å². The average molecular weight is 395 g/mol. The first kappa shape index (κ1) is 20.9. The van der Waals surface area contributed by atoms with Crippen molar-refractivity contribution in [3.05, 3.63) is 53.8 Å². The van der Waals surface area contributed by atoms with Crippen molar-refractivity contribution in [3.63, 3.8) is 0 Å². The van der Waals surface area contributed by atoms with E-state index >= 15 is 0 Å². The molecule has 2 N–H and O–H groups in total. The van der Waals surface area contributed by atoms with Gasteiger partial charge in [0.05, 0.1) is 16.4 Å². The van der Waals surface area contributed by atoms with E-state index in [1.54, 1.807) is 19.1 Å². The van der Waals surface area contributed by atoms with Gasteiger partial charge in [-0.15, -0.1) is 0 Å². The highest BCUT2D eigenvalue weighted by molar-refractivity contribution is 7.91.